The highest BCUT2D eigenvalue weighted by atomic mass is 16.5. The zero-order valence-corrected chi connectivity index (χ0v) is 11.1. The third-order valence-corrected chi connectivity index (χ3v) is 2.91. The van der Waals surface area contributed by atoms with Gasteiger partial charge in [0.2, 0.25) is 0 Å². The molecule has 1 unspecified atom stereocenters. The van der Waals surface area contributed by atoms with E-state index in [4.69, 9.17) is 10.5 Å². The van der Waals surface area contributed by atoms with E-state index in [9.17, 15) is 0 Å². The first-order valence-electron chi connectivity index (χ1n) is 6.49. The summed E-state index contributed by atoms with van der Waals surface area (Å²) in [6.45, 7) is 7.59. The quantitative estimate of drug-likeness (QED) is 0.743. The lowest BCUT2D eigenvalue weighted by Gasteiger charge is -2.25. The molecule has 1 atom stereocenters. The largest absolute Gasteiger partial charge is 0.493 e. The summed E-state index contributed by atoms with van der Waals surface area (Å²) in [7, 11) is 0. The molecule has 0 aromatic carbocycles. The first kappa shape index (κ1) is 13.8. The summed E-state index contributed by atoms with van der Waals surface area (Å²) in [4.78, 5) is 0. The highest BCUT2D eigenvalue weighted by molar-refractivity contribution is 5.39. The Kier molecular flexibility index (Phi) is 5.82. The Morgan fingerprint density at radius 1 is 1.41 bits per heavy atom. The molecular weight excluding hydrogens is 210 g/mol. The fourth-order valence-corrected chi connectivity index (χ4v) is 2.04. The van der Waals surface area contributed by atoms with Crippen molar-refractivity contribution in [2.24, 2.45) is 11.7 Å². The molecule has 1 aliphatic carbocycles. The average molecular weight is 233 g/mol. The smallest absolute Gasteiger partial charge is 0.130 e. The van der Waals surface area contributed by atoms with E-state index in [0.29, 0.717) is 5.92 Å². The molecule has 2 aliphatic rings. The molecule has 0 saturated carbocycles. The Morgan fingerprint density at radius 2 is 2.18 bits per heavy atom. The van der Waals surface area contributed by atoms with Gasteiger partial charge in [0.15, 0.2) is 0 Å². The SMILES string of the molecule is CC.CC1=C=CC2=C(C=C1)C(CCN)CCO2. The van der Waals surface area contributed by atoms with Crippen LogP contribution in [0.1, 0.15) is 33.6 Å². The second-order valence-corrected chi connectivity index (χ2v) is 4.04. The van der Waals surface area contributed by atoms with Crippen LogP contribution >= 0.6 is 0 Å². The molecule has 0 fully saturated rings. The van der Waals surface area contributed by atoms with Gasteiger partial charge in [-0.25, -0.2) is 0 Å². The molecule has 2 nitrogen and oxygen atoms in total. The van der Waals surface area contributed by atoms with Crippen LogP contribution in [0.3, 0.4) is 0 Å². The zero-order chi connectivity index (χ0) is 12.7. The maximum Gasteiger partial charge on any atom is 0.130 e. The molecular formula is C15H23NO. The molecule has 0 aromatic heterocycles. The normalized spacial score (nSPS) is 21.9. The molecule has 94 valence electrons. The third kappa shape index (κ3) is 3.62. The summed E-state index contributed by atoms with van der Waals surface area (Å²) in [6, 6.07) is 0. The second kappa shape index (κ2) is 7.16. The van der Waals surface area contributed by atoms with E-state index in [1.807, 2.05) is 26.8 Å². The molecule has 0 aromatic rings. The van der Waals surface area contributed by atoms with E-state index < -0.39 is 0 Å². The van der Waals surface area contributed by atoms with Gasteiger partial charge in [-0.05, 0) is 43.4 Å². The van der Waals surface area contributed by atoms with Crippen LogP contribution in [0.15, 0.2) is 40.9 Å². The zero-order valence-electron chi connectivity index (χ0n) is 11.1. The summed E-state index contributed by atoms with van der Waals surface area (Å²) in [5.41, 5.74) is 11.3. The van der Waals surface area contributed by atoms with Gasteiger partial charge in [-0.2, -0.15) is 0 Å². The lowest BCUT2D eigenvalue weighted by Crippen LogP contribution is -2.18. The van der Waals surface area contributed by atoms with Gasteiger partial charge in [0.25, 0.3) is 0 Å². The summed E-state index contributed by atoms with van der Waals surface area (Å²) in [5, 5.41) is 0. The first-order valence-corrected chi connectivity index (χ1v) is 6.49. The number of hydrogen-bond acceptors (Lipinski definition) is 2. The van der Waals surface area contributed by atoms with Crippen LogP contribution in [0.4, 0.5) is 0 Å². The van der Waals surface area contributed by atoms with Gasteiger partial charge in [0.1, 0.15) is 5.76 Å². The Hall–Kier alpha value is -1.24. The summed E-state index contributed by atoms with van der Waals surface area (Å²) >= 11 is 0. The van der Waals surface area contributed by atoms with Gasteiger partial charge >= 0.3 is 0 Å². The molecule has 2 heteroatoms. The van der Waals surface area contributed by atoms with Gasteiger partial charge in [-0.15, -0.1) is 5.73 Å². The van der Waals surface area contributed by atoms with E-state index in [-0.39, 0.29) is 0 Å². The molecule has 0 spiro atoms. The Labute approximate surface area is 105 Å². The Balaban J connectivity index is 0.000000686. The van der Waals surface area contributed by atoms with Crippen molar-refractivity contribution in [3.63, 3.8) is 0 Å². The fourth-order valence-electron chi connectivity index (χ4n) is 2.04. The van der Waals surface area contributed by atoms with Crippen molar-refractivity contribution in [2.45, 2.75) is 33.6 Å². The van der Waals surface area contributed by atoms with Gasteiger partial charge in [-0.1, -0.05) is 26.0 Å². The summed E-state index contributed by atoms with van der Waals surface area (Å²) < 4.78 is 5.64. The predicted molar refractivity (Wildman–Crippen MR) is 72.5 cm³/mol. The van der Waals surface area contributed by atoms with Crippen LogP contribution in [0.25, 0.3) is 0 Å². The molecule has 1 heterocycles. The number of nitrogens with two attached hydrogens (primary N) is 1. The van der Waals surface area contributed by atoms with E-state index in [1.165, 1.54) is 5.57 Å². The van der Waals surface area contributed by atoms with E-state index in [2.05, 4.69) is 17.9 Å². The lowest BCUT2D eigenvalue weighted by molar-refractivity contribution is 0.177. The van der Waals surface area contributed by atoms with Crippen LogP contribution < -0.4 is 5.73 Å². The summed E-state index contributed by atoms with van der Waals surface area (Å²) in [5.74, 6) is 1.53. The Morgan fingerprint density at radius 3 is 2.88 bits per heavy atom. The van der Waals surface area contributed by atoms with Crippen LogP contribution in [0, 0.1) is 5.92 Å². The second-order valence-electron chi connectivity index (χ2n) is 4.04. The number of ether oxygens (including phenoxy) is 1. The van der Waals surface area contributed by atoms with Crippen molar-refractivity contribution in [2.75, 3.05) is 13.2 Å². The van der Waals surface area contributed by atoms with Crippen LogP contribution in [-0.4, -0.2) is 13.2 Å². The number of allylic oxidation sites excluding steroid dienone is 4. The average Bonchev–Trinajstić information content (AvgIpc) is 2.56. The standard InChI is InChI=1S/C13H17NO.C2H6/c1-10-2-4-12-11(6-8-14)7-9-15-13(12)5-3-10;1-2/h2,4-5,11H,6-9,14H2,1H3;1-2H3. The van der Waals surface area contributed by atoms with Crippen molar-refractivity contribution < 1.29 is 4.74 Å². The molecule has 17 heavy (non-hydrogen) atoms. The summed E-state index contributed by atoms with van der Waals surface area (Å²) in [6.07, 6.45) is 8.32. The molecule has 0 amide bonds. The van der Waals surface area contributed by atoms with Gasteiger partial charge < -0.3 is 10.5 Å². The first-order chi connectivity index (χ1) is 8.31. The molecule has 2 rings (SSSR count). The van der Waals surface area contributed by atoms with Gasteiger partial charge in [0.05, 0.1) is 6.61 Å². The highest BCUT2D eigenvalue weighted by Crippen LogP contribution is 2.30. The van der Waals surface area contributed by atoms with Crippen LogP contribution in [0.2, 0.25) is 0 Å². The maximum atomic E-state index is 5.64. The molecule has 0 bridgehead atoms. The third-order valence-electron chi connectivity index (χ3n) is 2.91. The predicted octanol–water partition coefficient (Wildman–Crippen LogP) is 3.32. The minimum absolute atomic E-state index is 0.555. The number of hydrogen-bond donors (Lipinski definition) is 1. The molecule has 0 saturated heterocycles. The molecule has 0 radical (unpaired) electrons. The van der Waals surface area contributed by atoms with Crippen molar-refractivity contribution in [1.29, 1.82) is 0 Å². The van der Waals surface area contributed by atoms with Crippen molar-refractivity contribution in [3.05, 3.63) is 40.9 Å². The highest BCUT2D eigenvalue weighted by Gasteiger charge is 2.21. The molecule has 1 aliphatic heterocycles. The van der Waals surface area contributed by atoms with E-state index >= 15 is 0 Å². The van der Waals surface area contributed by atoms with E-state index in [0.717, 1.165) is 37.3 Å². The number of rotatable bonds is 2. The Bertz CT molecular complexity index is 370. The van der Waals surface area contributed by atoms with Crippen LogP contribution in [0.5, 0.6) is 0 Å². The topological polar surface area (TPSA) is 35.2 Å². The van der Waals surface area contributed by atoms with Crippen molar-refractivity contribution in [3.8, 4) is 0 Å². The fraction of sp³-hybridized carbons (Fsp3) is 0.533. The minimum Gasteiger partial charge on any atom is -0.493 e. The van der Waals surface area contributed by atoms with Crippen molar-refractivity contribution in [1.82, 2.24) is 0 Å². The minimum atomic E-state index is 0.555. The van der Waals surface area contributed by atoms with Gasteiger partial charge in [-0.3, -0.25) is 0 Å². The van der Waals surface area contributed by atoms with Gasteiger partial charge in [0, 0.05) is 6.08 Å². The maximum absolute atomic E-state index is 5.64. The lowest BCUT2D eigenvalue weighted by atomic mass is 9.89. The van der Waals surface area contributed by atoms with Crippen molar-refractivity contribution >= 4 is 0 Å². The monoisotopic (exact) mass is 233 g/mol. The van der Waals surface area contributed by atoms with Crippen LogP contribution in [-0.2, 0) is 4.74 Å². The van der Waals surface area contributed by atoms with E-state index in [1.54, 1.807) is 0 Å². The molecule has 2 N–H and O–H groups in total.